The van der Waals surface area contributed by atoms with E-state index in [4.69, 9.17) is 9.72 Å². The highest BCUT2D eigenvalue weighted by atomic mass is 16.6. The van der Waals surface area contributed by atoms with E-state index in [1.165, 1.54) is 0 Å². The second kappa shape index (κ2) is 10.5. The third-order valence-corrected chi connectivity index (χ3v) is 6.86. The number of pyridine rings is 1. The lowest BCUT2D eigenvalue weighted by Gasteiger charge is -2.31. The summed E-state index contributed by atoms with van der Waals surface area (Å²) in [5.74, 6) is 0.373. The van der Waals surface area contributed by atoms with E-state index in [1.807, 2.05) is 45.0 Å². The number of aromatic nitrogens is 5. The van der Waals surface area contributed by atoms with Crippen molar-refractivity contribution < 1.29 is 9.53 Å². The summed E-state index contributed by atoms with van der Waals surface area (Å²) < 4.78 is 8.95. The van der Waals surface area contributed by atoms with Crippen LogP contribution >= 0.6 is 0 Å². The molecule has 0 unspecified atom stereocenters. The number of amides is 1. The molecule has 4 aromatic rings. The number of carbonyl (C=O) groups is 1. The van der Waals surface area contributed by atoms with E-state index in [1.54, 1.807) is 32.7 Å². The molecule has 0 saturated heterocycles. The van der Waals surface area contributed by atoms with Crippen LogP contribution in [0.2, 0.25) is 0 Å². The third kappa shape index (κ3) is 5.86. The van der Waals surface area contributed by atoms with Gasteiger partial charge in [0.2, 0.25) is 5.95 Å². The third-order valence-electron chi connectivity index (χ3n) is 6.86. The van der Waals surface area contributed by atoms with Gasteiger partial charge < -0.3 is 15.0 Å². The second-order valence-electron chi connectivity index (χ2n) is 12.3. The zero-order chi connectivity index (χ0) is 29.5. The number of hydrogen-bond donors (Lipinski definition) is 1. The molecule has 0 fully saturated rings. The van der Waals surface area contributed by atoms with E-state index >= 15 is 0 Å². The van der Waals surface area contributed by atoms with Gasteiger partial charge in [0.25, 0.3) is 5.56 Å². The number of nitrogens with zero attached hydrogens (tertiary/aromatic N) is 6. The van der Waals surface area contributed by atoms with Crippen molar-refractivity contribution in [2.45, 2.75) is 72.1 Å². The normalized spacial score (nSPS) is 13.7. The van der Waals surface area contributed by atoms with Crippen molar-refractivity contribution in [3.8, 4) is 5.69 Å². The topological polar surface area (TPSA) is 107 Å². The number of allylic oxidation sites excluding steroid dienone is 1. The van der Waals surface area contributed by atoms with Crippen LogP contribution in [0.4, 0.5) is 16.4 Å². The molecule has 4 heterocycles. The van der Waals surface area contributed by atoms with Gasteiger partial charge >= 0.3 is 6.09 Å². The van der Waals surface area contributed by atoms with Crippen molar-refractivity contribution in [1.82, 2.24) is 29.2 Å². The van der Waals surface area contributed by atoms with Gasteiger partial charge in [-0.2, -0.15) is 4.98 Å². The summed E-state index contributed by atoms with van der Waals surface area (Å²) >= 11 is 0. The molecule has 0 saturated carbocycles. The maximum Gasteiger partial charge on any atom is 0.410 e. The monoisotopic (exact) mass is 555 g/mol. The molecule has 3 aromatic heterocycles. The van der Waals surface area contributed by atoms with E-state index in [0.29, 0.717) is 43.0 Å². The molecule has 1 aromatic carbocycles. The molecule has 0 bridgehead atoms. The zero-order valence-corrected chi connectivity index (χ0v) is 24.6. The molecule has 1 aliphatic heterocycles. The fourth-order valence-electron chi connectivity index (χ4n) is 4.84. The maximum absolute atomic E-state index is 13.3. The van der Waals surface area contributed by atoms with Crippen molar-refractivity contribution in [3.05, 3.63) is 82.6 Å². The summed E-state index contributed by atoms with van der Waals surface area (Å²) in [6.07, 6.45) is 5.41. The summed E-state index contributed by atoms with van der Waals surface area (Å²) in [5.41, 5.74) is 4.34. The molecule has 10 nitrogen and oxygen atoms in total. The lowest BCUT2D eigenvalue weighted by atomic mass is 9.91. The number of rotatable bonds is 5. The van der Waals surface area contributed by atoms with Gasteiger partial charge in [-0.25, -0.2) is 19.1 Å². The first-order valence-electron chi connectivity index (χ1n) is 13.8. The largest absolute Gasteiger partial charge is 0.444 e. The standard InChI is InChI=1S/C31H37N7O3/c1-8-14-37-27(39)24-18-33-28(35-26(24)38(37)23-11-13-32-25(17-23)30(2,3)4)34-22-10-9-21-19-36(15-12-20(21)16-22)29(40)41-31(5,6)7/h8-11,13,16-18H,1,12,14-15,19H2,2-7H3,(H,33,34,35). The Morgan fingerprint density at radius 3 is 2.59 bits per heavy atom. The lowest BCUT2D eigenvalue weighted by Crippen LogP contribution is -2.39. The number of fused-ring (bicyclic) bond motifs is 2. The molecule has 41 heavy (non-hydrogen) atoms. The molecule has 5 rings (SSSR count). The summed E-state index contributed by atoms with van der Waals surface area (Å²) in [5, 5.41) is 3.72. The Balaban J connectivity index is 1.46. The van der Waals surface area contributed by atoms with Crippen LogP contribution in [0.15, 0.2) is 60.2 Å². The summed E-state index contributed by atoms with van der Waals surface area (Å²) in [7, 11) is 0. The minimum Gasteiger partial charge on any atom is -0.444 e. The second-order valence-corrected chi connectivity index (χ2v) is 12.3. The number of nitrogens with one attached hydrogen (secondary N) is 1. The summed E-state index contributed by atoms with van der Waals surface area (Å²) in [4.78, 5) is 41.4. The minimum atomic E-state index is -0.532. The quantitative estimate of drug-likeness (QED) is 0.324. The molecule has 214 valence electrons. The number of carbonyl (C=O) groups excluding carboxylic acids is 1. The minimum absolute atomic E-state index is 0.166. The lowest BCUT2D eigenvalue weighted by molar-refractivity contribution is 0.0224. The van der Waals surface area contributed by atoms with Crippen LogP contribution in [0.5, 0.6) is 0 Å². The Morgan fingerprint density at radius 2 is 1.88 bits per heavy atom. The Bertz CT molecular complexity index is 1690. The molecule has 0 aliphatic carbocycles. The van der Waals surface area contributed by atoms with E-state index in [-0.39, 0.29) is 17.1 Å². The molecular weight excluding hydrogens is 518 g/mol. The van der Waals surface area contributed by atoms with Gasteiger partial charge in [0.05, 0.1) is 12.2 Å². The van der Waals surface area contributed by atoms with E-state index < -0.39 is 5.60 Å². The Kier molecular flexibility index (Phi) is 7.19. The highest BCUT2D eigenvalue weighted by Crippen LogP contribution is 2.27. The van der Waals surface area contributed by atoms with Gasteiger partial charge in [0.15, 0.2) is 5.65 Å². The first-order valence-corrected chi connectivity index (χ1v) is 13.8. The van der Waals surface area contributed by atoms with E-state index in [2.05, 4.69) is 48.7 Å². The van der Waals surface area contributed by atoms with E-state index in [0.717, 1.165) is 28.2 Å². The van der Waals surface area contributed by atoms with Crippen LogP contribution < -0.4 is 10.9 Å². The van der Waals surface area contributed by atoms with Crippen LogP contribution in [0.1, 0.15) is 58.4 Å². The molecule has 1 amide bonds. The fraction of sp³-hybridized carbons (Fsp3) is 0.387. The van der Waals surface area contributed by atoms with Crippen molar-refractivity contribution in [3.63, 3.8) is 0 Å². The summed E-state index contributed by atoms with van der Waals surface area (Å²) in [6.45, 7) is 17.1. The molecule has 0 radical (unpaired) electrons. The Morgan fingerprint density at radius 1 is 1.10 bits per heavy atom. The van der Waals surface area contributed by atoms with Crippen LogP contribution in [0.3, 0.4) is 0 Å². The predicted molar refractivity (Wildman–Crippen MR) is 160 cm³/mol. The molecule has 10 heteroatoms. The zero-order valence-electron chi connectivity index (χ0n) is 24.6. The van der Waals surface area contributed by atoms with Crippen LogP contribution in [-0.4, -0.2) is 47.5 Å². The number of ether oxygens (including phenoxy) is 1. The summed E-state index contributed by atoms with van der Waals surface area (Å²) in [6, 6.07) is 9.86. The number of anilines is 2. The van der Waals surface area contributed by atoms with Crippen LogP contribution in [0.25, 0.3) is 16.7 Å². The van der Waals surface area contributed by atoms with Crippen molar-refractivity contribution >= 4 is 28.8 Å². The Hall–Kier alpha value is -4.47. The average molecular weight is 556 g/mol. The molecule has 0 spiro atoms. The smallest absolute Gasteiger partial charge is 0.410 e. The molecule has 0 atom stereocenters. The van der Waals surface area contributed by atoms with Gasteiger partial charge in [0, 0.05) is 42.3 Å². The van der Waals surface area contributed by atoms with Gasteiger partial charge in [-0.15, -0.1) is 6.58 Å². The number of hydrogen-bond acceptors (Lipinski definition) is 7. The van der Waals surface area contributed by atoms with Crippen molar-refractivity contribution in [1.29, 1.82) is 0 Å². The highest BCUT2D eigenvalue weighted by molar-refractivity contribution is 5.77. The van der Waals surface area contributed by atoms with E-state index in [9.17, 15) is 9.59 Å². The molecule has 1 N–H and O–H groups in total. The van der Waals surface area contributed by atoms with Gasteiger partial charge in [-0.1, -0.05) is 32.9 Å². The molecule has 1 aliphatic rings. The maximum atomic E-state index is 13.3. The van der Waals surface area contributed by atoms with Gasteiger partial charge in [-0.3, -0.25) is 9.78 Å². The average Bonchev–Trinajstić information content (AvgIpc) is 3.17. The van der Waals surface area contributed by atoms with Gasteiger partial charge in [0.1, 0.15) is 11.0 Å². The first kappa shape index (κ1) is 28.1. The first-order chi connectivity index (χ1) is 19.3. The molecular formula is C31H37N7O3. The fourth-order valence-corrected chi connectivity index (χ4v) is 4.84. The van der Waals surface area contributed by atoms with Crippen LogP contribution in [0, 0.1) is 0 Å². The van der Waals surface area contributed by atoms with Crippen LogP contribution in [-0.2, 0) is 29.7 Å². The van der Waals surface area contributed by atoms with Crippen molar-refractivity contribution in [2.24, 2.45) is 0 Å². The Labute approximate surface area is 239 Å². The predicted octanol–water partition coefficient (Wildman–Crippen LogP) is 5.50. The van der Waals surface area contributed by atoms with Gasteiger partial charge in [-0.05, 0) is 62.6 Å². The SMILES string of the molecule is C=CCn1c(=O)c2cnc(Nc3ccc4c(c3)CCN(C(=O)OC(C)(C)C)C4)nc2n1-c1ccnc(C(C)(C)C)c1. The highest BCUT2D eigenvalue weighted by Gasteiger charge is 2.26. The number of benzene rings is 1. The van der Waals surface area contributed by atoms with Crippen molar-refractivity contribution in [2.75, 3.05) is 11.9 Å².